The van der Waals surface area contributed by atoms with E-state index in [1.54, 1.807) is 6.07 Å². The standard InChI is InChI=1S/C11H8F3N2/c12-11(13,14)10-5-2-1-4-9(10)8-16-7-3-6-15-16/h1-2,4-7H,8H2. The van der Waals surface area contributed by atoms with E-state index in [0.717, 1.165) is 6.07 Å². The second-order valence-electron chi connectivity index (χ2n) is 3.29. The van der Waals surface area contributed by atoms with Gasteiger partial charge < -0.3 is 0 Å². The molecule has 1 heterocycles. The Morgan fingerprint density at radius 2 is 2.00 bits per heavy atom. The maximum Gasteiger partial charge on any atom is 0.416 e. The number of benzene rings is 1. The molecule has 2 rings (SSSR count). The minimum absolute atomic E-state index is 0.0964. The van der Waals surface area contributed by atoms with Crippen molar-refractivity contribution in [3.8, 4) is 0 Å². The maximum atomic E-state index is 12.6. The molecule has 0 aliphatic carbocycles. The summed E-state index contributed by atoms with van der Waals surface area (Å²) in [6.45, 7) is 0.0964. The van der Waals surface area contributed by atoms with Gasteiger partial charge in [-0.15, -0.1) is 0 Å². The SMILES string of the molecule is FC(F)(F)c1ccccc1Cn1c[c]cn1. The molecule has 0 unspecified atom stereocenters. The number of halogens is 3. The fourth-order valence-electron chi connectivity index (χ4n) is 1.46. The Hall–Kier alpha value is -1.78. The molecule has 1 aromatic heterocycles. The first kappa shape index (κ1) is 10.7. The van der Waals surface area contributed by atoms with Crippen LogP contribution in [0.3, 0.4) is 0 Å². The summed E-state index contributed by atoms with van der Waals surface area (Å²) in [5.41, 5.74) is -0.419. The fourth-order valence-corrected chi connectivity index (χ4v) is 1.46. The number of hydrogen-bond acceptors (Lipinski definition) is 1. The van der Waals surface area contributed by atoms with Gasteiger partial charge in [0.2, 0.25) is 0 Å². The van der Waals surface area contributed by atoms with Crippen LogP contribution >= 0.6 is 0 Å². The molecule has 5 heteroatoms. The van der Waals surface area contributed by atoms with Crippen LogP contribution in [0.5, 0.6) is 0 Å². The highest BCUT2D eigenvalue weighted by atomic mass is 19.4. The van der Waals surface area contributed by atoms with Crippen molar-refractivity contribution in [1.29, 1.82) is 0 Å². The largest absolute Gasteiger partial charge is 0.416 e. The van der Waals surface area contributed by atoms with E-state index in [1.807, 2.05) is 0 Å². The lowest BCUT2D eigenvalue weighted by Gasteiger charge is -2.12. The summed E-state index contributed by atoms with van der Waals surface area (Å²) in [6.07, 6.45) is -1.41. The molecule has 0 amide bonds. The van der Waals surface area contributed by atoms with Gasteiger partial charge in [-0.25, -0.2) is 0 Å². The first-order valence-corrected chi connectivity index (χ1v) is 4.61. The normalized spacial score (nSPS) is 11.7. The van der Waals surface area contributed by atoms with Gasteiger partial charge in [-0.05, 0) is 11.6 Å². The van der Waals surface area contributed by atoms with E-state index in [0.29, 0.717) is 0 Å². The second kappa shape index (κ2) is 4.00. The van der Waals surface area contributed by atoms with Gasteiger partial charge >= 0.3 is 6.18 Å². The second-order valence-corrected chi connectivity index (χ2v) is 3.29. The lowest BCUT2D eigenvalue weighted by atomic mass is 10.1. The Labute approximate surface area is 90.3 Å². The summed E-state index contributed by atoms with van der Waals surface area (Å²) < 4.78 is 39.3. The highest BCUT2D eigenvalue weighted by Crippen LogP contribution is 2.31. The highest BCUT2D eigenvalue weighted by Gasteiger charge is 2.32. The van der Waals surface area contributed by atoms with E-state index in [9.17, 15) is 13.2 Å². The van der Waals surface area contributed by atoms with Crippen LogP contribution in [0.4, 0.5) is 13.2 Å². The van der Waals surface area contributed by atoms with Gasteiger partial charge in [-0.1, -0.05) is 18.2 Å². The van der Waals surface area contributed by atoms with Gasteiger partial charge in [0.05, 0.1) is 18.3 Å². The third-order valence-electron chi connectivity index (χ3n) is 2.16. The molecule has 2 aromatic rings. The first-order chi connectivity index (χ1) is 7.57. The topological polar surface area (TPSA) is 17.8 Å². The number of rotatable bonds is 2. The van der Waals surface area contributed by atoms with Gasteiger partial charge in [0.15, 0.2) is 0 Å². The van der Waals surface area contributed by atoms with Crippen LogP contribution in [0.2, 0.25) is 0 Å². The average molecular weight is 225 g/mol. The van der Waals surface area contributed by atoms with Crippen molar-refractivity contribution in [1.82, 2.24) is 9.78 Å². The van der Waals surface area contributed by atoms with E-state index in [-0.39, 0.29) is 12.1 Å². The summed E-state index contributed by atoms with van der Waals surface area (Å²) in [5.74, 6) is 0. The summed E-state index contributed by atoms with van der Waals surface area (Å²) >= 11 is 0. The van der Waals surface area contributed by atoms with Crippen LogP contribution in [0.25, 0.3) is 0 Å². The Morgan fingerprint density at radius 1 is 1.25 bits per heavy atom. The van der Waals surface area contributed by atoms with E-state index < -0.39 is 11.7 Å². The van der Waals surface area contributed by atoms with Gasteiger partial charge in [-0.3, -0.25) is 4.68 Å². The Bertz CT molecular complexity index is 460. The molecule has 0 bridgehead atoms. The molecule has 0 N–H and O–H groups in total. The van der Waals surface area contributed by atoms with E-state index in [4.69, 9.17) is 0 Å². The van der Waals surface area contributed by atoms with E-state index in [1.165, 1.54) is 29.2 Å². The van der Waals surface area contributed by atoms with Gasteiger partial charge in [-0.2, -0.15) is 18.3 Å². The third-order valence-corrected chi connectivity index (χ3v) is 2.16. The van der Waals surface area contributed by atoms with Crippen LogP contribution in [-0.4, -0.2) is 9.78 Å². The molecule has 0 aliphatic rings. The van der Waals surface area contributed by atoms with Crippen molar-refractivity contribution in [3.05, 3.63) is 53.9 Å². The van der Waals surface area contributed by atoms with Crippen LogP contribution < -0.4 is 0 Å². The van der Waals surface area contributed by atoms with E-state index in [2.05, 4.69) is 11.2 Å². The number of alkyl halides is 3. The third kappa shape index (κ3) is 2.24. The van der Waals surface area contributed by atoms with Crippen molar-refractivity contribution >= 4 is 0 Å². The maximum absolute atomic E-state index is 12.6. The molecule has 0 saturated heterocycles. The minimum atomic E-state index is -4.33. The van der Waals surface area contributed by atoms with Gasteiger partial charge in [0, 0.05) is 12.3 Å². The predicted octanol–water partition coefficient (Wildman–Crippen LogP) is 2.75. The zero-order chi connectivity index (χ0) is 11.6. The molecule has 0 atom stereocenters. The monoisotopic (exact) mass is 225 g/mol. The van der Waals surface area contributed by atoms with E-state index >= 15 is 0 Å². The lowest BCUT2D eigenvalue weighted by Crippen LogP contribution is -2.11. The van der Waals surface area contributed by atoms with Gasteiger partial charge in [0.25, 0.3) is 0 Å². The van der Waals surface area contributed by atoms with Crippen LogP contribution in [-0.2, 0) is 12.7 Å². The summed E-state index contributed by atoms with van der Waals surface area (Å²) in [4.78, 5) is 0. The molecule has 83 valence electrons. The lowest BCUT2D eigenvalue weighted by molar-refractivity contribution is -0.138. The van der Waals surface area contributed by atoms with Crippen LogP contribution in [0.15, 0.2) is 36.7 Å². The average Bonchev–Trinajstić information content (AvgIpc) is 2.70. The molecule has 1 aromatic carbocycles. The molecular formula is C11H8F3N2. The molecule has 0 spiro atoms. The first-order valence-electron chi connectivity index (χ1n) is 4.61. The molecule has 1 radical (unpaired) electrons. The Morgan fingerprint density at radius 3 is 2.62 bits per heavy atom. The molecule has 0 saturated carbocycles. The van der Waals surface area contributed by atoms with Crippen LogP contribution in [0.1, 0.15) is 11.1 Å². The Balaban J connectivity index is 2.34. The summed E-state index contributed by atoms with van der Waals surface area (Å²) in [5, 5.41) is 3.83. The van der Waals surface area contributed by atoms with Crippen molar-refractivity contribution in [2.75, 3.05) is 0 Å². The fraction of sp³-hybridized carbons (Fsp3) is 0.182. The highest BCUT2D eigenvalue weighted by molar-refractivity contribution is 5.29. The molecule has 2 nitrogen and oxygen atoms in total. The number of aromatic nitrogens is 2. The van der Waals surface area contributed by atoms with Crippen molar-refractivity contribution < 1.29 is 13.2 Å². The minimum Gasteiger partial charge on any atom is -0.268 e. The van der Waals surface area contributed by atoms with Crippen molar-refractivity contribution in [2.45, 2.75) is 12.7 Å². The molecule has 0 fully saturated rings. The smallest absolute Gasteiger partial charge is 0.268 e. The van der Waals surface area contributed by atoms with Crippen molar-refractivity contribution in [3.63, 3.8) is 0 Å². The zero-order valence-electron chi connectivity index (χ0n) is 8.20. The number of nitrogens with zero attached hydrogens (tertiary/aromatic N) is 2. The van der Waals surface area contributed by atoms with Gasteiger partial charge in [0.1, 0.15) is 0 Å². The zero-order valence-corrected chi connectivity index (χ0v) is 8.20. The summed E-state index contributed by atoms with van der Waals surface area (Å²) in [7, 11) is 0. The number of hydrogen-bond donors (Lipinski definition) is 0. The molecule has 16 heavy (non-hydrogen) atoms. The van der Waals surface area contributed by atoms with Crippen molar-refractivity contribution in [2.24, 2.45) is 0 Å². The Kier molecular flexibility index (Phi) is 2.68. The molecule has 0 aliphatic heterocycles. The quantitative estimate of drug-likeness (QED) is 0.768. The molecular weight excluding hydrogens is 217 g/mol. The van der Waals surface area contributed by atoms with Crippen LogP contribution in [0, 0.1) is 6.07 Å². The summed E-state index contributed by atoms with van der Waals surface area (Å²) in [6, 6.07) is 8.16. The predicted molar refractivity (Wildman–Crippen MR) is 51.6 cm³/mol.